The Hall–Kier alpha value is -2.76. The summed E-state index contributed by atoms with van der Waals surface area (Å²) in [6.45, 7) is 4.95. The van der Waals surface area contributed by atoms with Gasteiger partial charge in [0, 0.05) is 31.1 Å². The molecule has 1 aromatic carbocycles. The molecule has 0 bridgehead atoms. The minimum absolute atomic E-state index is 0.0793. The molecule has 2 amide bonds. The number of nitrogens with one attached hydrogen (secondary N) is 1. The molecule has 2 atom stereocenters. The van der Waals surface area contributed by atoms with Crippen LogP contribution in [-0.2, 0) is 4.79 Å². The summed E-state index contributed by atoms with van der Waals surface area (Å²) in [5, 5.41) is 3.18. The van der Waals surface area contributed by atoms with E-state index in [0.29, 0.717) is 18.8 Å². The van der Waals surface area contributed by atoms with Gasteiger partial charge in [0.1, 0.15) is 5.69 Å². The minimum atomic E-state index is -0.136. The van der Waals surface area contributed by atoms with Crippen LogP contribution in [0.25, 0.3) is 0 Å². The Bertz CT molecular complexity index is 843. The number of hydrogen-bond donors (Lipinski definition) is 1. The van der Waals surface area contributed by atoms with Crippen LogP contribution in [0.5, 0.6) is 0 Å². The zero-order valence-electron chi connectivity index (χ0n) is 15.7. The third kappa shape index (κ3) is 3.84. The first kappa shape index (κ1) is 17.6. The van der Waals surface area contributed by atoms with Crippen molar-refractivity contribution in [2.24, 2.45) is 5.92 Å². The average molecular weight is 364 g/mol. The first-order chi connectivity index (χ1) is 13.0. The van der Waals surface area contributed by atoms with Gasteiger partial charge in [-0.2, -0.15) is 0 Å². The van der Waals surface area contributed by atoms with Gasteiger partial charge in [0.2, 0.25) is 5.91 Å². The molecule has 1 aliphatic carbocycles. The van der Waals surface area contributed by atoms with E-state index >= 15 is 0 Å². The van der Waals surface area contributed by atoms with E-state index in [1.165, 1.54) is 11.8 Å². The third-order valence-corrected chi connectivity index (χ3v) is 5.39. The first-order valence-corrected chi connectivity index (χ1v) is 9.46. The van der Waals surface area contributed by atoms with E-state index in [2.05, 4.69) is 46.5 Å². The molecule has 2 aromatic rings. The maximum absolute atomic E-state index is 12.9. The molecule has 2 aliphatic rings. The van der Waals surface area contributed by atoms with Crippen LogP contribution < -0.4 is 5.32 Å². The van der Waals surface area contributed by atoms with Gasteiger partial charge < -0.3 is 10.2 Å². The van der Waals surface area contributed by atoms with E-state index in [1.807, 2.05) is 6.92 Å². The van der Waals surface area contributed by atoms with Crippen LogP contribution in [-0.4, -0.2) is 45.8 Å². The van der Waals surface area contributed by atoms with E-state index in [9.17, 15) is 9.59 Å². The zero-order chi connectivity index (χ0) is 19.0. The lowest BCUT2D eigenvalue weighted by Crippen LogP contribution is -2.41. The maximum atomic E-state index is 12.9. The number of amides is 2. The summed E-state index contributed by atoms with van der Waals surface area (Å²) in [5.41, 5.74) is 3.46. The number of aromatic nitrogens is 2. The van der Waals surface area contributed by atoms with Gasteiger partial charge in [-0.15, -0.1) is 0 Å². The molecule has 27 heavy (non-hydrogen) atoms. The quantitative estimate of drug-likeness (QED) is 0.903. The summed E-state index contributed by atoms with van der Waals surface area (Å²) in [4.78, 5) is 35.4. The molecule has 0 spiro atoms. The molecular weight excluding hydrogens is 340 g/mol. The molecule has 140 valence electrons. The van der Waals surface area contributed by atoms with Crippen LogP contribution in [0.1, 0.15) is 46.1 Å². The predicted octanol–water partition coefficient (Wildman–Crippen LogP) is 2.23. The number of carbonyl (C=O) groups is 2. The predicted molar refractivity (Wildman–Crippen MR) is 101 cm³/mol. The van der Waals surface area contributed by atoms with Gasteiger partial charge in [-0.05, 0) is 32.3 Å². The van der Waals surface area contributed by atoms with Gasteiger partial charge in [0.25, 0.3) is 5.91 Å². The molecule has 1 N–H and O–H groups in total. The third-order valence-electron chi connectivity index (χ3n) is 5.39. The highest BCUT2D eigenvalue weighted by Gasteiger charge is 2.40. The van der Waals surface area contributed by atoms with Crippen molar-refractivity contribution < 1.29 is 9.59 Å². The fourth-order valence-electron chi connectivity index (χ4n) is 3.58. The zero-order valence-corrected chi connectivity index (χ0v) is 15.7. The Balaban J connectivity index is 1.55. The molecule has 2 heterocycles. The number of nitrogens with zero attached hydrogens (tertiary/aromatic N) is 3. The Morgan fingerprint density at radius 1 is 1.04 bits per heavy atom. The summed E-state index contributed by atoms with van der Waals surface area (Å²) in [7, 11) is 0. The summed E-state index contributed by atoms with van der Waals surface area (Å²) in [5.74, 6) is 0.205. The smallest absolute Gasteiger partial charge is 0.274 e. The number of rotatable bonds is 4. The Morgan fingerprint density at radius 2 is 1.78 bits per heavy atom. The number of benzene rings is 1. The molecule has 1 aromatic heterocycles. The fourth-order valence-corrected chi connectivity index (χ4v) is 3.58. The average Bonchev–Trinajstić information content (AvgIpc) is 3.44. The molecule has 6 nitrogen and oxygen atoms in total. The van der Waals surface area contributed by atoms with E-state index < -0.39 is 0 Å². The molecule has 2 unspecified atom stereocenters. The highest BCUT2D eigenvalue weighted by molar-refractivity contribution is 5.92. The van der Waals surface area contributed by atoms with Crippen molar-refractivity contribution in [1.29, 1.82) is 0 Å². The van der Waals surface area contributed by atoms with Crippen molar-refractivity contribution in [3.05, 3.63) is 59.2 Å². The molecule has 1 aliphatic heterocycles. The van der Waals surface area contributed by atoms with Crippen LogP contribution >= 0.6 is 0 Å². The number of aryl methyl sites for hydroxylation is 2. The Morgan fingerprint density at radius 3 is 2.41 bits per heavy atom. The minimum Gasteiger partial charge on any atom is -0.351 e. The van der Waals surface area contributed by atoms with Crippen LogP contribution in [0.2, 0.25) is 0 Å². The molecule has 4 rings (SSSR count). The van der Waals surface area contributed by atoms with E-state index in [0.717, 1.165) is 24.1 Å². The highest BCUT2D eigenvalue weighted by atomic mass is 16.2. The number of likely N-dealkylation sites (tertiary alicyclic amines) is 1. The molecule has 0 radical (unpaired) electrons. The topological polar surface area (TPSA) is 75.2 Å². The highest BCUT2D eigenvalue weighted by Crippen LogP contribution is 2.32. The van der Waals surface area contributed by atoms with Crippen molar-refractivity contribution in [3.63, 3.8) is 0 Å². The Labute approximate surface area is 159 Å². The van der Waals surface area contributed by atoms with Gasteiger partial charge in [-0.3, -0.25) is 14.6 Å². The normalized spacial score (nSPS) is 21.9. The van der Waals surface area contributed by atoms with Gasteiger partial charge in [0.05, 0.1) is 17.9 Å². The van der Waals surface area contributed by atoms with Crippen molar-refractivity contribution in [2.75, 3.05) is 13.1 Å². The molecule has 1 saturated carbocycles. The van der Waals surface area contributed by atoms with Gasteiger partial charge >= 0.3 is 0 Å². The monoisotopic (exact) mass is 364 g/mol. The van der Waals surface area contributed by atoms with E-state index in [4.69, 9.17) is 0 Å². The second-order valence-electron chi connectivity index (χ2n) is 7.66. The largest absolute Gasteiger partial charge is 0.351 e. The molecule has 6 heteroatoms. The second-order valence-corrected chi connectivity index (χ2v) is 7.66. The fraction of sp³-hybridized carbons (Fsp3) is 0.429. The van der Waals surface area contributed by atoms with Crippen LogP contribution in [0, 0.1) is 19.8 Å². The molecular formula is C21H24N4O2. The van der Waals surface area contributed by atoms with Crippen molar-refractivity contribution in [1.82, 2.24) is 20.2 Å². The van der Waals surface area contributed by atoms with Crippen molar-refractivity contribution in [3.8, 4) is 0 Å². The Kier molecular flexibility index (Phi) is 4.64. The van der Waals surface area contributed by atoms with Crippen LogP contribution in [0.15, 0.2) is 36.7 Å². The summed E-state index contributed by atoms with van der Waals surface area (Å²) >= 11 is 0. The SMILES string of the molecule is Cc1ccc(C2CN(C(=O)c3cnc(C)cn3)CC2NC(=O)C2CC2)cc1. The van der Waals surface area contributed by atoms with Crippen LogP contribution in [0.3, 0.4) is 0 Å². The van der Waals surface area contributed by atoms with E-state index in [1.54, 1.807) is 11.1 Å². The summed E-state index contributed by atoms with van der Waals surface area (Å²) in [6.07, 6.45) is 5.06. The maximum Gasteiger partial charge on any atom is 0.274 e. The summed E-state index contributed by atoms with van der Waals surface area (Å²) in [6, 6.07) is 8.25. The summed E-state index contributed by atoms with van der Waals surface area (Å²) < 4.78 is 0. The second kappa shape index (κ2) is 7.10. The number of hydrogen-bond acceptors (Lipinski definition) is 4. The first-order valence-electron chi connectivity index (χ1n) is 9.46. The van der Waals surface area contributed by atoms with Crippen LogP contribution in [0.4, 0.5) is 0 Å². The molecule has 1 saturated heterocycles. The lowest BCUT2D eigenvalue weighted by Gasteiger charge is -2.20. The van der Waals surface area contributed by atoms with Gasteiger partial charge in [-0.1, -0.05) is 29.8 Å². The van der Waals surface area contributed by atoms with Crippen molar-refractivity contribution in [2.45, 2.75) is 38.6 Å². The lowest BCUT2D eigenvalue weighted by molar-refractivity contribution is -0.123. The number of carbonyl (C=O) groups excluding carboxylic acids is 2. The van der Waals surface area contributed by atoms with Crippen molar-refractivity contribution >= 4 is 11.8 Å². The molecule has 2 fully saturated rings. The van der Waals surface area contributed by atoms with Gasteiger partial charge in [0.15, 0.2) is 0 Å². The van der Waals surface area contributed by atoms with Gasteiger partial charge in [-0.25, -0.2) is 4.98 Å². The van der Waals surface area contributed by atoms with E-state index in [-0.39, 0.29) is 29.7 Å². The lowest BCUT2D eigenvalue weighted by atomic mass is 9.93. The standard InChI is InChI=1S/C21H24N4O2/c1-13-3-5-15(6-4-13)17-11-25(12-19(17)24-20(26)16-7-8-16)21(27)18-10-22-14(2)9-23-18/h3-6,9-10,16-17,19H,7-8,11-12H2,1-2H3,(H,24,26).